The van der Waals surface area contributed by atoms with E-state index in [1.807, 2.05) is 6.26 Å². The van der Waals surface area contributed by atoms with Gasteiger partial charge >= 0.3 is 0 Å². The van der Waals surface area contributed by atoms with Crippen LogP contribution in [0.3, 0.4) is 0 Å². The summed E-state index contributed by atoms with van der Waals surface area (Å²) in [6.45, 7) is 2.21. The lowest BCUT2D eigenvalue weighted by Crippen LogP contribution is -2.26. The quantitative estimate of drug-likeness (QED) is 0.807. The summed E-state index contributed by atoms with van der Waals surface area (Å²) in [6, 6.07) is 0. The van der Waals surface area contributed by atoms with E-state index in [0.717, 1.165) is 19.0 Å². The van der Waals surface area contributed by atoms with Crippen molar-refractivity contribution < 1.29 is 4.42 Å². The molecule has 3 nitrogen and oxygen atoms in total. The van der Waals surface area contributed by atoms with Crippen LogP contribution in [0.5, 0.6) is 0 Å². The van der Waals surface area contributed by atoms with Crippen LogP contribution < -0.4 is 5.32 Å². The molecule has 1 aromatic heterocycles. The fraction of sp³-hybridized carbons (Fsp3) is 0.750. The standard InChI is InChI=1S/C12H18N2O/c1-2-9(3-1)11-8-15-12(14-11)10-4-6-13-7-5-10/h8-10,13H,1-7H2. The molecular weight excluding hydrogens is 188 g/mol. The van der Waals surface area contributed by atoms with Gasteiger partial charge in [0.2, 0.25) is 0 Å². The van der Waals surface area contributed by atoms with E-state index in [0.29, 0.717) is 11.8 Å². The summed E-state index contributed by atoms with van der Waals surface area (Å²) in [5.74, 6) is 2.24. The normalized spacial score (nSPS) is 24.0. The molecule has 0 radical (unpaired) electrons. The summed E-state index contributed by atoms with van der Waals surface area (Å²) in [7, 11) is 0. The average molecular weight is 206 g/mol. The molecule has 1 aliphatic carbocycles. The molecule has 2 fully saturated rings. The average Bonchev–Trinajstić information content (AvgIpc) is 2.66. The van der Waals surface area contributed by atoms with Crippen LogP contribution in [0.15, 0.2) is 10.7 Å². The first kappa shape index (κ1) is 9.40. The van der Waals surface area contributed by atoms with Gasteiger partial charge in [-0.05, 0) is 38.8 Å². The Hall–Kier alpha value is -0.830. The Kier molecular flexibility index (Phi) is 2.49. The predicted octanol–water partition coefficient (Wildman–Crippen LogP) is 2.41. The Morgan fingerprint density at radius 2 is 1.93 bits per heavy atom. The topological polar surface area (TPSA) is 38.1 Å². The lowest BCUT2D eigenvalue weighted by molar-refractivity contribution is 0.374. The van der Waals surface area contributed by atoms with Crippen LogP contribution in [-0.4, -0.2) is 18.1 Å². The molecular formula is C12H18N2O. The van der Waals surface area contributed by atoms with Crippen LogP contribution in [0.2, 0.25) is 0 Å². The molecule has 0 atom stereocenters. The first-order valence-corrected chi connectivity index (χ1v) is 6.09. The Bertz CT molecular complexity index is 324. The zero-order valence-corrected chi connectivity index (χ0v) is 9.04. The van der Waals surface area contributed by atoms with E-state index in [2.05, 4.69) is 10.3 Å². The molecule has 1 aliphatic heterocycles. The minimum atomic E-state index is 0.556. The summed E-state index contributed by atoms with van der Waals surface area (Å²) in [5, 5.41) is 3.37. The lowest BCUT2D eigenvalue weighted by atomic mass is 9.83. The van der Waals surface area contributed by atoms with Crippen molar-refractivity contribution in [2.45, 2.75) is 43.9 Å². The SMILES string of the molecule is c1oc(C2CCNCC2)nc1C1CCC1. The third-order valence-electron chi connectivity index (χ3n) is 3.75. The fourth-order valence-corrected chi connectivity index (χ4v) is 2.45. The molecule has 0 unspecified atom stereocenters. The van der Waals surface area contributed by atoms with Crippen LogP contribution in [0.4, 0.5) is 0 Å². The Balaban J connectivity index is 1.71. The van der Waals surface area contributed by atoms with E-state index in [4.69, 9.17) is 4.42 Å². The minimum absolute atomic E-state index is 0.556. The predicted molar refractivity (Wildman–Crippen MR) is 57.9 cm³/mol. The van der Waals surface area contributed by atoms with E-state index in [9.17, 15) is 0 Å². The van der Waals surface area contributed by atoms with Crippen molar-refractivity contribution in [3.05, 3.63) is 17.8 Å². The van der Waals surface area contributed by atoms with Gasteiger partial charge in [-0.2, -0.15) is 0 Å². The van der Waals surface area contributed by atoms with Gasteiger partial charge in [-0.15, -0.1) is 0 Å². The Labute approximate surface area is 90.3 Å². The molecule has 2 aliphatic rings. The smallest absolute Gasteiger partial charge is 0.197 e. The van der Waals surface area contributed by atoms with Gasteiger partial charge in [-0.1, -0.05) is 6.42 Å². The maximum absolute atomic E-state index is 5.62. The van der Waals surface area contributed by atoms with E-state index in [-0.39, 0.29) is 0 Å². The number of aromatic nitrogens is 1. The van der Waals surface area contributed by atoms with Crippen LogP contribution in [0, 0.1) is 0 Å². The number of hydrogen-bond acceptors (Lipinski definition) is 3. The molecule has 0 amide bonds. The van der Waals surface area contributed by atoms with Crippen molar-refractivity contribution in [3.8, 4) is 0 Å². The molecule has 1 saturated heterocycles. The zero-order valence-electron chi connectivity index (χ0n) is 9.04. The van der Waals surface area contributed by atoms with Gasteiger partial charge in [0.1, 0.15) is 6.26 Å². The number of rotatable bonds is 2. The van der Waals surface area contributed by atoms with Crippen LogP contribution in [-0.2, 0) is 0 Å². The van der Waals surface area contributed by atoms with Crippen molar-refractivity contribution in [2.24, 2.45) is 0 Å². The summed E-state index contributed by atoms with van der Waals surface area (Å²) in [4.78, 5) is 4.66. The minimum Gasteiger partial charge on any atom is -0.448 e. The molecule has 3 rings (SSSR count). The lowest BCUT2D eigenvalue weighted by Gasteiger charge is -2.22. The molecule has 3 heteroatoms. The van der Waals surface area contributed by atoms with Crippen molar-refractivity contribution >= 4 is 0 Å². The molecule has 0 bridgehead atoms. The summed E-state index contributed by atoms with van der Waals surface area (Å²) >= 11 is 0. The second-order valence-electron chi connectivity index (χ2n) is 4.76. The first-order chi connectivity index (χ1) is 7.43. The maximum atomic E-state index is 5.62. The molecule has 0 aromatic carbocycles. The summed E-state index contributed by atoms with van der Waals surface area (Å²) in [5.41, 5.74) is 1.20. The highest BCUT2D eigenvalue weighted by Crippen LogP contribution is 2.36. The molecule has 1 N–H and O–H groups in total. The van der Waals surface area contributed by atoms with Crippen molar-refractivity contribution in [3.63, 3.8) is 0 Å². The number of nitrogens with zero attached hydrogens (tertiary/aromatic N) is 1. The van der Waals surface area contributed by atoms with Crippen molar-refractivity contribution in [1.29, 1.82) is 0 Å². The number of oxazole rings is 1. The van der Waals surface area contributed by atoms with E-state index in [1.54, 1.807) is 0 Å². The molecule has 82 valence electrons. The van der Waals surface area contributed by atoms with Gasteiger partial charge in [0.05, 0.1) is 5.69 Å². The molecule has 1 aromatic rings. The van der Waals surface area contributed by atoms with Gasteiger partial charge < -0.3 is 9.73 Å². The monoisotopic (exact) mass is 206 g/mol. The zero-order chi connectivity index (χ0) is 10.1. The number of hydrogen-bond donors (Lipinski definition) is 1. The second-order valence-corrected chi connectivity index (χ2v) is 4.76. The number of nitrogens with one attached hydrogen (secondary N) is 1. The van der Waals surface area contributed by atoms with Gasteiger partial charge in [-0.25, -0.2) is 4.98 Å². The highest BCUT2D eigenvalue weighted by atomic mass is 16.3. The van der Waals surface area contributed by atoms with Crippen LogP contribution in [0.25, 0.3) is 0 Å². The summed E-state index contributed by atoms with van der Waals surface area (Å²) in [6.07, 6.45) is 8.20. The largest absolute Gasteiger partial charge is 0.448 e. The number of piperidine rings is 1. The molecule has 15 heavy (non-hydrogen) atoms. The third kappa shape index (κ3) is 1.81. The van der Waals surface area contributed by atoms with Crippen molar-refractivity contribution in [2.75, 3.05) is 13.1 Å². The highest BCUT2D eigenvalue weighted by Gasteiger charge is 2.25. The van der Waals surface area contributed by atoms with Crippen LogP contribution in [0.1, 0.15) is 55.5 Å². The maximum Gasteiger partial charge on any atom is 0.197 e. The fourth-order valence-electron chi connectivity index (χ4n) is 2.45. The summed E-state index contributed by atoms with van der Waals surface area (Å²) < 4.78 is 5.62. The van der Waals surface area contributed by atoms with Crippen molar-refractivity contribution in [1.82, 2.24) is 10.3 Å². The van der Waals surface area contributed by atoms with Gasteiger partial charge in [0.15, 0.2) is 5.89 Å². The Morgan fingerprint density at radius 3 is 2.60 bits per heavy atom. The molecule has 1 saturated carbocycles. The van der Waals surface area contributed by atoms with Gasteiger partial charge in [-0.3, -0.25) is 0 Å². The van der Waals surface area contributed by atoms with E-state index < -0.39 is 0 Å². The Morgan fingerprint density at radius 1 is 1.13 bits per heavy atom. The molecule has 0 spiro atoms. The third-order valence-corrected chi connectivity index (χ3v) is 3.75. The molecule has 2 heterocycles. The highest BCUT2D eigenvalue weighted by molar-refractivity contribution is 5.09. The second kappa shape index (κ2) is 3.97. The van der Waals surface area contributed by atoms with Gasteiger partial charge in [0.25, 0.3) is 0 Å². The van der Waals surface area contributed by atoms with E-state index >= 15 is 0 Å². The van der Waals surface area contributed by atoms with Crippen LogP contribution >= 0.6 is 0 Å². The van der Waals surface area contributed by atoms with Gasteiger partial charge in [0, 0.05) is 11.8 Å². The first-order valence-electron chi connectivity index (χ1n) is 6.09. The van der Waals surface area contributed by atoms with E-state index in [1.165, 1.54) is 37.8 Å².